The average Bonchev–Trinajstić information content (AvgIpc) is 3.35. The van der Waals surface area contributed by atoms with E-state index in [9.17, 15) is 5.11 Å². The number of aliphatic hydroxyl groups excluding tert-OH is 1. The second-order valence-electron chi connectivity index (χ2n) is 12.6. The van der Waals surface area contributed by atoms with Crippen LogP contribution in [0.1, 0.15) is 56.2 Å². The van der Waals surface area contributed by atoms with E-state index in [0.29, 0.717) is 85.3 Å². The van der Waals surface area contributed by atoms with E-state index in [2.05, 4.69) is 25.3 Å². The van der Waals surface area contributed by atoms with E-state index in [1.165, 1.54) is 6.20 Å². The summed E-state index contributed by atoms with van der Waals surface area (Å²) in [5.74, 6) is 1.81. The second kappa shape index (κ2) is 11.2. The molecule has 0 radical (unpaired) electrons. The van der Waals surface area contributed by atoms with Crippen LogP contribution in [0, 0.1) is 11.7 Å². The number of aromatic nitrogens is 3. The third-order valence-electron chi connectivity index (χ3n) is 9.65. The molecule has 2 saturated carbocycles. The molecule has 4 fully saturated rings. The lowest BCUT2D eigenvalue weighted by Gasteiger charge is -2.53. The summed E-state index contributed by atoms with van der Waals surface area (Å²) in [5, 5.41) is 13.6. The zero-order chi connectivity index (χ0) is 29.6. The van der Waals surface area contributed by atoms with Gasteiger partial charge in [0, 0.05) is 29.8 Å². The number of hydrogen-bond donors (Lipinski definition) is 4. The molecule has 228 valence electrons. The molecule has 3 aromatic rings. The number of pyridine rings is 3. The lowest BCUT2D eigenvalue weighted by Crippen LogP contribution is -2.61. The smallest absolute Gasteiger partial charge is 0.213 e. The fraction of sp³-hybridized carbons (Fsp3) is 0.548. The highest BCUT2D eigenvalue weighted by atomic mass is 19.1. The van der Waals surface area contributed by atoms with Crippen molar-refractivity contribution in [1.29, 1.82) is 0 Å². The van der Waals surface area contributed by atoms with Gasteiger partial charge in [-0.2, -0.15) is 0 Å². The first-order chi connectivity index (χ1) is 20.8. The molecule has 3 atom stereocenters. The molecule has 6 heterocycles. The molecule has 6 N–H and O–H groups in total. The van der Waals surface area contributed by atoms with Crippen molar-refractivity contribution in [2.45, 2.75) is 81.2 Å². The monoisotopic (exact) mass is 591 g/mol. The van der Waals surface area contributed by atoms with Gasteiger partial charge >= 0.3 is 0 Å². The predicted molar refractivity (Wildman–Crippen MR) is 158 cm³/mol. The first-order valence-electron chi connectivity index (χ1n) is 15.1. The number of ether oxygens (including phenoxy) is 3. The Morgan fingerprint density at radius 3 is 2.74 bits per heavy atom. The van der Waals surface area contributed by atoms with E-state index in [1.807, 2.05) is 18.2 Å². The maximum atomic E-state index is 15.1. The molecule has 0 aromatic carbocycles. The zero-order valence-corrected chi connectivity index (χ0v) is 24.1. The Morgan fingerprint density at radius 1 is 1.12 bits per heavy atom. The van der Waals surface area contributed by atoms with Crippen LogP contribution >= 0.6 is 0 Å². The molecule has 0 amide bonds. The van der Waals surface area contributed by atoms with Crippen LogP contribution in [0.2, 0.25) is 0 Å². The number of rotatable bonds is 9. The molecule has 3 unspecified atom stereocenters. The van der Waals surface area contributed by atoms with E-state index >= 15 is 4.39 Å². The van der Waals surface area contributed by atoms with Gasteiger partial charge in [-0.3, -0.25) is 4.98 Å². The molecule has 3 aliphatic heterocycles. The molecule has 11 nitrogen and oxygen atoms in total. The van der Waals surface area contributed by atoms with Crippen molar-refractivity contribution in [1.82, 2.24) is 20.3 Å². The normalized spacial score (nSPS) is 29.7. The van der Waals surface area contributed by atoms with Gasteiger partial charge in [0.1, 0.15) is 18.3 Å². The van der Waals surface area contributed by atoms with Gasteiger partial charge in [0.25, 0.3) is 0 Å². The van der Waals surface area contributed by atoms with Crippen LogP contribution in [-0.4, -0.2) is 69.0 Å². The van der Waals surface area contributed by atoms with Crippen molar-refractivity contribution in [3.63, 3.8) is 0 Å². The number of aliphatic hydroxyl groups is 1. The molecule has 12 heteroatoms. The number of amidine groups is 1. The number of aryl methyl sites for hydroxylation is 1. The number of halogens is 1. The number of fused-ring (bicyclic) bond motifs is 5. The number of nitrogens with zero attached hydrogens (tertiary/aromatic N) is 4. The molecule has 2 bridgehead atoms. The maximum Gasteiger partial charge on any atom is 0.213 e. The minimum absolute atomic E-state index is 0.111. The highest BCUT2D eigenvalue weighted by Crippen LogP contribution is 2.46. The lowest BCUT2D eigenvalue weighted by molar-refractivity contribution is -0.165. The summed E-state index contributed by atoms with van der Waals surface area (Å²) in [4.78, 5) is 17.8. The lowest BCUT2D eigenvalue weighted by atomic mass is 9.69. The molecule has 2 saturated heterocycles. The van der Waals surface area contributed by atoms with Crippen molar-refractivity contribution in [3.8, 4) is 11.6 Å². The first-order valence-corrected chi connectivity index (χ1v) is 15.1. The first kappa shape index (κ1) is 28.3. The highest BCUT2D eigenvalue weighted by Gasteiger charge is 2.49. The third-order valence-corrected chi connectivity index (χ3v) is 9.65. The van der Waals surface area contributed by atoms with Crippen LogP contribution in [0.15, 0.2) is 35.5 Å². The summed E-state index contributed by atoms with van der Waals surface area (Å²) in [6.45, 7) is 1.89. The van der Waals surface area contributed by atoms with E-state index in [0.717, 1.165) is 31.4 Å². The molecule has 5 aliphatic rings. The van der Waals surface area contributed by atoms with Gasteiger partial charge in [-0.1, -0.05) is 0 Å². The highest BCUT2D eigenvalue weighted by molar-refractivity contribution is 5.86. The fourth-order valence-corrected chi connectivity index (χ4v) is 6.92. The van der Waals surface area contributed by atoms with Crippen LogP contribution in [0.4, 0.5) is 10.2 Å². The summed E-state index contributed by atoms with van der Waals surface area (Å²) in [6.07, 6.45) is 7.04. The second-order valence-corrected chi connectivity index (χ2v) is 12.6. The van der Waals surface area contributed by atoms with Crippen molar-refractivity contribution in [2.24, 2.45) is 22.4 Å². The Balaban J connectivity index is 0.977. The van der Waals surface area contributed by atoms with Gasteiger partial charge in [-0.25, -0.2) is 19.4 Å². The van der Waals surface area contributed by atoms with Crippen LogP contribution in [-0.2, 0) is 17.7 Å². The minimum atomic E-state index is -0.498. The van der Waals surface area contributed by atoms with Crippen LogP contribution in [0.5, 0.6) is 11.6 Å². The number of nitrogens with one attached hydrogen (secondary N) is 1. The Hall–Kier alpha value is -3.45. The van der Waals surface area contributed by atoms with Crippen molar-refractivity contribution < 1.29 is 23.7 Å². The number of aliphatic imine (C=N–C) groups is 1. The van der Waals surface area contributed by atoms with Crippen molar-refractivity contribution in [3.05, 3.63) is 47.5 Å². The van der Waals surface area contributed by atoms with Crippen LogP contribution in [0.3, 0.4) is 0 Å². The van der Waals surface area contributed by atoms with Gasteiger partial charge in [0.05, 0.1) is 47.8 Å². The Kier molecular flexibility index (Phi) is 7.40. The largest absolute Gasteiger partial charge is 0.482 e. The summed E-state index contributed by atoms with van der Waals surface area (Å²) < 4.78 is 33.2. The SMILES string of the molecule is NC1=Nc2nc(CNC34CCC(CCc5c(F)cnc6ccc(OCC7CC(N)C(O)C7)nc56)(CC3)OC4)ccc2OC1. The predicted octanol–water partition coefficient (Wildman–Crippen LogP) is 2.83. The van der Waals surface area contributed by atoms with Gasteiger partial charge in [0.2, 0.25) is 5.88 Å². The molecular weight excluding hydrogens is 553 g/mol. The fourth-order valence-electron chi connectivity index (χ4n) is 6.92. The molecule has 2 aliphatic carbocycles. The van der Waals surface area contributed by atoms with Crippen molar-refractivity contribution >= 4 is 22.7 Å². The molecule has 8 rings (SSSR count). The molecular formula is C31H38FN7O4. The maximum absolute atomic E-state index is 15.1. The van der Waals surface area contributed by atoms with E-state index < -0.39 is 6.10 Å². The van der Waals surface area contributed by atoms with E-state index in [-0.39, 0.29) is 35.5 Å². The zero-order valence-electron chi connectivity index (χ0n) is 24.1. The van der Waals surface area contributed by atoms with Crippen LogP contribution < -0.4 is 26.3 Å². The molecule has 0 spiro atoms. The summed E-state index contributed by atoms with van der Waals surface area (Å²) in [5.41, 5.74) is 13.9. The number of nitrogens with two attached hydrogens (primary N) is 2. The van der Waals surface area contributed by atoms with E-state index in [1.54, 1.807) is 6.07 Å². The summed E-state index contributed by atoms with van der Waals surface area (Å²) >= 11 is 0. The Bertz CT molecular complexity index is 1520. The Labute approximate surface area is 249 Å². The summed E-state index contributed by atoms with van der Waals surface area (Å²) in [6, 6.07) is 7.19. The van der Waals surface area contributed by atoms with Gasteiger partial charge in [0.15, 0.2) is 11.6 Å². The Morgan fingerprint density at radius 2 is 1.98 bits per heavy atom. The van der Waals surface area contributed by atoms with Gasteiger partial charge < -0.3 is 36.1 Å². The van der Waals surface area contributed by atoms with Gasteiger partial charge in [-0.05, 0) is 75.5 Å². The van der Waals surface area contributed by atoms with Crippen LogP contribution in [0.25, 0.3) is 11.0 Å². The third kappa shape index (κ3) is 5.76. The standard InChI is InChI=1S/C31H38FN7O4/c32-21-14-35-23-2-4-27(42-15-18-11-22(33)24(40)12-18)39-28(23)20(21)5-6-31-9-7-30(8-10-31,17-43-31)36-13-19-1-3-25-29(37-19)38-26(34)16-41-25/h1-4,14,18,22,24,36,40H,5-13,15-17,33H2,(H2,34,37,38). The topological polar surface area (TPSA) is 163 Å². The van der Waals surface area contributed by atoms with E-state index in [4.69, 9.17) is 25.7 Å². The minimum Gasteiger partial charge on any atom is -0.482 e. The van der Waals surface area contributed by atoms with Gasteiger partial charge in [-0.15, -0.1) is 0 Å². The molecule has 43 heavy (non-hydrogen) atoms. The molecule has 3 aromatic heterocycles. The average molecular weight is 592 g/mol. The van der Waals surface area contributed by atoms with Crippen molar-refractivity contribution in [2.75, 3.05) is 19.8 Å². The quantitative estimate of drug-likeness (QED) is 0.291. The number of hydrogen-bond acceptors (Lipinski definition) is 11. The summed E-state index contributed by atoms with van der Waals surface area (Å²) in [7, 11) is 0.